The smallest absolute Gasteiger partial charge is 0.0385 e. The first-order valence-corrected chi connectivity index (χ1v) is 3.56. The molecule has 0 unspecified atom stereocenters. The van der Waals surface area contributed by atoms with Crippen molar-refractivity contribution in [3.8, 4) is 0 Å². The summed E-state index contributed by atoms with van der Waals surface area (Å²) in [7, 11) is 0. The van der Waals surface area contributed by atoms with Gasteiger partial charge in [-0.2, -0.15) is 0 Å². The van der Waals surface area contributed by atoms with Gasteiger partial charge in [-0.3, -0.25) is 0 Å². The molecule has 1 aliphatic rings. The van der Waals surface area contributed by atoms with Crippen molar-refractivity contribution in [2.45, 2.75) is 6.92 Å². The van der Waals surface area contributed by atoms with Crippen LogP contribution < -0.4 is 0 Å². The van der Waals surface area contributed by atoms with Gasteiger partial charge >= 0.3 is 0 Å². The predicted octanol–water partition coefficient (Wildman–Crippen LogP) is 1.25. The van der Waals surface area contributed by atoms with Gasteiger partial charge in [0.05, 0.1) is 0 Å². The average Bonchev–Trinajstić information content (AvgIpc) is 1.85. The molecule has 4 heteroatoms. The summed E-state index contributed by atoms with van der Waals surface area (Å²) < 4.78 is 0. The Morgan fingerprint density at radius 1 is 1.70 bits per heavy atom. The zero-order chi connectivity index (χ0) is 7.40. The second-order valence-corrected chi connectivity index (χ2v) is 2.82. The van der Waals surface area contributed by atoms with Gasteiger partial charge in [-0.1, -0.05) is 12.0 Å². The zero-order valence-corrected chi connectivity index (χ0v) is 6.19. The van der Waals surface area contributed by atoms with Gasteiger partial charge in [-0.25, -0.2) is 0 Å². The molecule has 0 amide bonds. The summed E-state index contributed by atoms with van der Waals surface area (Å²) >= 11 is 0. The van der Waals surface area contributed by atoms with Crippen LogP contribution in [0.2, 0.25) is 0 Å². The molecule has 0 spiro atoms. The van der Waals surface area contributed by atoms with E-state index < -0.39 is 0 Å². The molecule has 1 rings (SSSR count). The van der Waals surface area contributed by atoms with Crippen molar-refractivity contribution in [1.82, 2.24) is 4.90 Å². The lowest BCUT2D eigenvalue weighted by Gasteiger charge is -2.36. The highest BCUT2D eigenvalue weighted by Crippen LogP contribution is 2.12. The number of rotatable bonds is 3. The van der Waals surface area contributed by atoms with Crippen LogP contribution in [0.25, 0.3) is 10.4 Å². The Morgan fingerprint density at radius 2 is 2.40 bits per heavy atom. The molecule has 0 aromatic rings. The third-order valence-electron chi connectivity index (χ3n) is 1.72. The van der Waals surface area contributed by atoms with Gasteiger partial charge in [0.25, 0.3) is 0 Å². The zero-order valence-electron chi connectivity index (χ0n) is 6.19. The highest BCUT2D eigenvalue weighted by atomic mass is 15.2. The fourth-order valence-electron chi connectivity index (χ4n) is 1.24. The number of hydrogen-bond acceptors (Lipinski definition) is 2. The van der Waals surface area contributed by atoms with Crippen LogP contribution in [0.5, 0.6) is 0 Å². The molecular formula is C6H12N4. The van der Waals surface area contributed by atoms with Crippen molar-refractivity contribution in [3.63, 3.8) is 0 Å². The van der Waals surface area contributed by atoms with E-state index in [1.807, 2.05) is 0 Å². The molecule has 0 aromatic carbocycles. The third kappa shape index (κ3) is 1.90. The minimum Gasteiger partial charge on any atom is -0.303 e. The molecular weight excluding hydrogens is 128 g/mol. The lowest BCUT2D eigenvalue weighted by molar-refractivity contribution is 0.117. The van der Waals surface area contributed by atoms with Crippen LogP contribution in [0.4, 0.5) is 0 Å². The standard InChI is InChI=1S/C6H12N4/c1-6-4-10(5-6)3-2-8-9-7/h6H,2-5H2,1H3. The monoisotopic (exact) mass is 140 g/mol. The Morgan fingerprint density at radius 3 is 2.90 bits per heavy atom. The van der Waals surface area contributed by atoms with Crippen molar-refractivity contribution >= 4 is 0 Å². The van der Waals surface area contributed by atoms with Crippen molar-refractivity contribution in [2.75, 3.05) is 26.2 Å². The van der Waals surface area contributed by atoms with Gasteiger partial charge in [0.1, 0.15) is 0 Å². The summed E-state index contributed by atoms with van der Waals surface area (Å²) in [6.45, 7) is 6.10. The molecule has 0 saturated carbocycles. The second-order valence-electron chi connectivity index (χ2n) is 2.82. The van der Waals surface area contributed by atoms with E-state index in [-0.39, 0.29) is 0 Å². The van der Waals surface area contributed by atoms with E-state index in [4.69, 9.17) is 5.53 Å². The van der Waals surface area contributed by atoms with Crippen LogP contribution in [0, 0.1) is 5.92 Å². The number of azide groups is 1. The normalized spacial score (nSPS) is 19.7. The molecule has 1 saturated heterocycles. The molecule has 0 bridgehead atoms. The number of hydrogen-bond donors (Lipinski definition) is 0. The maximum absolute atomic E-state index is 7.96. The maximum atomic E-state index is 7.96. The van der Waals surface area contributed by atoms with E-state index in [1.165, 1.54) is 13.1 Å². The Kier molecular flexibility index (Phi) is 2.54. The Balaban J connectivity index is 2.00. The summed E-state index contributed by atoms with van der Waals surface area (Å²) in [5.74, 6) is 0.839. The Labute approximate surface area is 60.5 Å². The lowest BCUT2D eigenvalue weighted by atomic mass is 10.0. The lowest BCUT2D eigenvalue weighted by Crippen LogP contribution is -2.46. The molecule has 1 heterocycles. The van der Waals surface area contributed by atoms with Crippen LogP contribution >= 0.6 is 0 Å². The molecule has 56 valence electrons. The summed E-state index contributed by atoms with van der Waals surface area (Å²) in [6, 6.07) is 0. The largest absolute Gasteiger partial charge is 0.303 e. The molecule has 0 atom stereocenters. The van der Waals surface area contributed by atoms with Crippen LogP contribution in [0.1, 0.15) is 6.92 Å². The van der Waals surface area contributed by atoms with Gasteiger partial charge in [-0.05, 0) is 11.4 Å². The first kappa shape index (κ1) is 7.38. The van der Waals surface area contributed by atoms with Crippen LogP contribution in [-0.4, -0.2) is 31.1 Å². The fourth-order valence-corrected chi connectivity index (χ4v) is 1.24. The summed E-state index contributed by atoms with van der Waals surface area (Å²) in [5.41, 5.74) is 7.96. The van der Waals surface area contributed by atoms with Crippen molar-refractivity contribution in [3.05, 3.63) is 10.4 Å². The first-order valence-electron chi connectivity index (χ1n) is 3.56. The van der Waals surface area contributed by atoms with E-state index in [9.17, 15) is 0 Å². The van der Waals surface area contributed by atoms with Crippen molar-refractivity contribution < 1.29 is 0 Å². The molecule has 0 radical (unpaired) electrons. The van der Waals surface area contributed by atoms with Gasteiger partial charge in [0.15, 0.2) is 0 Å². The minimum atomic E-state index is 0.614. The van der Waals surface area contributed by atoms with Gasteiger partial charge in [0.2, 0.25) is 0 Å². The predicted molar refractivity (Wildman–Crippen MR) is 39.6 cm³/mol. The highest BCUT2D eigenvalue weighted by molar-refractivity contribution is 4.76. The van der Waals surface area contributed by atoms with Crippen molar-refractivity contribution in [2.24, 2.45) is 11.0 Å². The number of nitrogens with zero attached hydrogens (tertiary/aromatic N) is 4. The topological polar surface area (TPSA) is 52.0 Å². The van der Waals surface area contributed by atoms with Crippen LogP contribution in [0.15, 0.2) is 5.11 Å². The fraction of sp³-hybridized carbons (Fsp3) is 1.00. The first-order chi connectivity index (χ1) is 4.83. The van der Waals surface area contributed by atoms with Gasteiger partial charge in [-0.15, -0.1) is 0 Å². The highest BCUT2D eigenvalue weighted by Gasteiger charge is 2.20. The molecule has 0 N–H and O–H groups in total. The van der Waals surface area contributed by atoms with E-state index in [1.54, 1.807) is 0 Å². The third-order valence-corrected chi connectivity index (χ3v) is 1.72. The molecule has 4 nitrogen and oxygen atoms in total. The molecule has 1 fully saturated rings. The Hall–Kier alpha value is -0.730. The molecule has 0 aromatic heterocycles. The van der Waals surface area contributed by atoms with E-state index in [2.05, 4.69) is 21.8 Å². The van der Waals surface area contributed by atoms with Gasteiger partial charge in [0, 0.05) is 31.1 Å². The molecule has 0 aliphatic carbocycles. The summed E-state index contributed by atoms with van der Waals surface area (Å²) in [4.78, 5) is 4.97. The second kappa shape index (κ2) is 3.44. The van der Waals surface area contributed by atoms with E-state index in [0.29, 0.717) is 6.54 Å². The van der Waals surface area contributed by atoms with Crippen LogP contribution in [-0.2, 0) is 0 Å². The SMILES string of the molecule is CC1CN(CCN=[N+]=[N-])C1. The maximum Gasteiger partial charge on any atom is 0.0385 e. The quantitative estimate of drug-likeness (QED) is 0.330. The minimum absolute atomic E-state index is 0.614. The van der Waals surface area contributed by atoms with E-state index >= 15 is 0 Å². The van der Waals surface area contributed by atoms with Crippen LogP contribution in [0.3, 0.4) is 0 Å². The van der Waals surface area contributed by atoms with Crippen molar-refractivity contribution in [1.29, 1.82) is 0 Å². The molecule has 10 heavy (non-hydrogen) atoms. The van der Waals surface area contributed by atoms with Gasteiger partial charge < -0.3 is 4.90 Å². The average molecular weight is 140 g/mol. The van der Waals surface area contributed by atoms with E-state index in [0.717, 1.165) is 12.5 Å². The molecule has 1 aliphatic heterocycles. The Bertz CT molecular complexity index is 144. The summed E-state index contributed by atoms with van der Waals surface area (Å²) in [5, 5.41) is 3.46. The number of likely N-dealkylation sites (tertiary alicyclic amines) is 1. The summed E-state index contributed by atoms with van der Waals surface area (Å²) in [6.07, 6.45) is 0.